The maximum atomic E-state index is 6.38. The lowest BCUT2D eigenvalue weighted by Gasteiger charge is -2.26. The van der Waals surface area contributed by atoms with Gasteiger partial charge in [-0.05, 0) is 43.4 Å². The van der Waals surface area contributed by atoms with Crippen LogP contribution in [0.15, 0.2) is 18.2 Å². The van der Waals surface area contributed by atoms with Gasteiger partial charge in [0, 0.05) is 18.7 Å². The number of hydrogen-bond acceptors (Lipinski definition) is 3. The molecule has 0 atom stereocenters. The van der Waals surface area contributed by atoms with E-state index in [1.807, 2.05) is 32.2 Å². The number of aryl methyl sites for hydroxylation is 2. The summed E-state index contributed by atoms with van der Waals surface area (Å²) in [4.78, 5) is 0. The Hall–Kier alpha value is -1.68. The molecule has 21 heavy (non-hydrogen) atoms. The van der Waals surface area contributed by atoms with Gasteiger partial charge in [0.15, 0.2) is 0 Å². The van der Waals surface area contributed by atoms with Gasteiger partial charge < -0.3 is 10.5 Å². The van der Waals surface area contributed by atoms with Crippen molar-refractivity contribution >= 4 is 17.4 Å². The second kappa shape index (κ2) is 5.60. The Morgan fingerprint density at radius 3 is 2.71 bits per heavy atom. The number of hydrogen-bond donors (Lipinski definition) is 1. The van der Waals surface area contributed by atoms with Crippen LogP contribution in [0.25, 0.3) is 11.3 Å². The Balaban J connectivity index is 1.96. The maximum absolute atomic E-state index is 6.38. The van der Waals surface area contributed by atoms with Crippen LogP contribution >= 0.6 is 11.6 Å². The second-order valence-corrected chi connectivity index (χ2v) is 6.22. The molecule has 1 aromatic carbocycles. The molecule has 5 heteroatoms. The molecule has 1 aromatic heterocycles. The average molecular weight is 306 g/mol. The number of aromatic nitrogens is 2. The minimum absolute atomic E-state index is 0.618. The average Bonchev–Trinajstić information content (AvgIpc) is 2.69. The number of nitrogens with two attached hydrogens (primary N) is 1. The third kappa shape index (κ3) is 2.86. The zero-order valence-electron chi connectivity index (χ0n) is 12.4. The van der Waals surface area contributed by atoms with Gasteiger partial charge in [0.05, 0.1) is 17.3 Å². The first-order valence-corrected chi connectivity index (χ1v) is 7.65. The monoisotopic (exact) mass is 305 g/mol. The summed E-state index contributed by atoms with van der Waals surface area (Å²) < 4.78 is 7.66. The summed E-state index contributed by atoms with van der Waals surface area (Å²) in [6.07, 6.45) is 3.80. The molecular weight excluding hydrogens is 286 g/mol. The Kier molecular flexibility index (Phi) is 3.81. The van der Waals surface area contributed by atoms with E-state index in [1.165, 1.54) is 19.3 Å². The van der Waals surface area contributed by atoms with Crippen LogP contribution in [0.4, 0.5) is 5.82 Å². The van der Waals surface area contributed by atoms with Gasteiger partial charge in [-0.1, -0.05) is 18.0 Å². The van der Waals surface area contributed by atoms with E-state index in [-0.39, 0.29) is 0 Å². The van der Waals surface area contributed by atoms with Crippen molar-refractivity contribution in [2.75, 3.05) is 12.3 Å². The van der Waals surface area contributed by atoms with E-state index in [0.29, 0.717) is 22.5 Å². The van der Waals surface area contributed by atoms with Crippen LogP contribution in [0.1, 0.15) is 24.8 Å². The van der Waals surface area contributed by atoms with Gasteiger partial charge in [0.25, 0.3) is 0 Å². The lowest BCUT2D eigenvalue weighted by atomic mass is 9.86. The number of benzene rings is 1. The smallest absolute Gasteiger partial charge is 0.147 e. The van der Waals surface area contributed by atoms with Crippen LogP contribution < -0.4 is 10.5 Å². The van der Waals surface area contributed by atoms with Crippen molar-refractivity contribution in [3.63, 3.8) is 0 Å². The van der Waals surface area contributed by atoms with Crippen molar-refractivity contribution in [3.05, 3.63) is 28.8 Å². The molecule has 0 amide bonds. The molecule has 0 bridgehead atoms. The fraction of sp³-hybridized carbons (Fsp3) is 0.438. The third-order valence-electron chi connectivity index (χ3n) is 4.07. The van der Waals surface area contributed by atoms with Gasteiger partial charge in [-0.2, -0.15) is 5.10 Å². The van der Waals surface area contributed by atoms with E-state index < -0.39 is 0 Å². The molecule has 0 saturated heterocycles. The molecule has 1 fully saturated rings. The molecule has 1 heterocycles. The molecule has 2 N–H and O–H groups in total. The fourth-order valence-corrected chi connectivity index (χ4v) is 2.87. The van der Waals surface area contributed by atoms with Crippen LogP contribution in [0.5, 0.6) is 5.75 Å². The van der Waals surface area contributed by atoms with Crippen LogP contribution in [-0.2, 0) is 7.05 Å². The predicted octanol–water partition coefficient (Wildman–Crippen LogP) is 3.81. The Labute approximate surface area is 129 Å². The summed E-state index contributed by atoms with van der Waals surface area (Å²) in [7, 11) is 1.82. The van der Waals surface area contributed by atoms with Crippen molar-refractivity contribution in [2.24, 2.45) is 13.0 Å². The Morgan fingerprint density at radius 1 is 1.38 bits per heavy atom. The number of ether oxygens (including phenoxy) is 1. The van der Waals surface area contributed by atoms with E-state index >= 15 is 0 Å². The molecule has 1 aliphatic carbocycles. The molecule has 0 spiro atoms. The van der Waals surface area contributed by atoms with E-state index in [9.17, 15) is 0 Å². The predicted molar refractivity (Wildman–Crippen MR) is 85.6 cm³/mol. The zero-order valence-corrected chi connectivity index (χ0v) is 13.2. The van der Waals surface area contributed by atoms with Crippen molar-refractivity contribution in [1.29, 1.82) is 0 Å². The van der Waals surface area contributed by atoms with Gasteiger partial charge in [-0.3, -0.25) is 4.68 Å². The molecule has 0 radical (unpaired) electrons. The topological polar surface area (TPSA) is 53.1 Å². The Morgan fingerprint density at radius 2 is 2.14 bits per heavy atom. The minimum atomic E-state index is 0.618. The number of nitrogens with zero attached hydrogens (tertiary/aromatic N) is 2. The summed E-state index contributed by atoms with van der Waals surface area (Å²) in [6.45, 7) is 2.73. The molecule has 1 saturated carbocycles. The summed E-state index contributed by atoms with van der Waals surface area (Å²) in [5.74, 6) is 1.99. The molecule has 2 aromatic rings. The van der Waals surface area contributed by atoms with Crippen molar-refractivity contribution in [2.45, 2.75) is 26.2 Å². The molecule has 0 aliphatic heterocycles. The maximum Gasteiger partial charge on any atom is 0.147 e. The van der Waals surface area contributed by atoms with Crippen LogP contribution in [0, 0.1) is 12.8 Å². The van der Waals surface area contributed by atoms with Crippen LogP contribution in [0.2, 0.25) is 5.02 Å². The van der Waals surface area contributed by atoms with E-state index in [1.54, 1.807) is 4.68 Å². The highest BCUT2D eigenvalue weighted by Crippen LogP contribution is 2.38. The first kappa shape index (κ1) is 14.3. The first-order valence-electron chi connectivity index (χ1n) is 7.27. The normalized spacial score (nSPS) is 15.0. The van der Waals surface area contributed by atoms with E-state index in [0.717, 1.165) is 23.4 Å². The second-order valence-electron chi connectivity index (χ2n) is 5.81. The number of rotatable bonds is 4. The lowest BCUT2D eigenvalue weighted by Crippen LogP contribution is -2.19. The molecule has 112 valence electrons. The summed E-state index contributed by atoms with van der Waals surface area (Å²) in [6, 6.07) is 5.82. The molecule has 4 nitrogen and oxygen atoms in total. The van der Waals surface area contributed by atoms with E-state index in [2.05, 4.69) is 5.10 Å². The standard InChI is InChI=1S/C16H20ClN3O/c1-10-6-12(14-8-15(18)20(2)19-14)16(13(17)7-10)21-9-11-4-3-5-11/h6-8,11H,3-5,9,18H2,1-2H3. The molecular formula is C16H20ClN3O. The van der Waals surface area contributed by atoms with Gasteiger partial charge in [0.2, 0.25) is 0 Å². The van der Waals surface area contributed by atoms with Crippen molar-refractivity contribution < 1.29 is 4.74 Å². The van der Waals surface area contributed by atoms with Gasteiger partial charge >= 0.3 is 0 Å². The summed E-state index contributed by atoms with van der Waals surface area (Å²) in [5.41, 5.74) is 8.67. The highest BCUT2D eigenvalue weighted by molar-refractivity contribution is 6.32. The van der Waals surface area contributed by atoms with Crippen LogP contribution in [-0.4, -0.2) is 16.4 Å². The number of halogens is 1. The summed E-state index contributed by atoms with van der Waals surface area (Å²) in [5, 5.41) is 5.07. The first-order chi connectivity index (χ1) is 10.0. The van der Waals surface area contributed by atoms with Gasteiger partial charge in [-0.25, -0.2) is 0 Å². The minimum Gasteiger partial charge on any atom is -0.491 e. The lowest BCUT2D eigenvalue weighted by molar-refractivity contribution is 0.181. The van der Waals surface area contributed by atoms with Gasteiger partial charge in [0.1, 0.15) is 11.6 Å². The van der Waals surface area contributed by atoms with Crippen molar-refractivity contribution in [1.82, 2.24) is 9.78 Å². The molecule has 3 rings (SSSR count). The number of anilines is 1. The molecule has 0 unspecified atom stereocenters. The SMILES string of the molecule is Cc1cc(Cl)c(OCC2CCC2)c(-c2cc(N)n(C)n2)c1. The fourth-order valence-electron chi connectivity index (χ4n) is 2.54. The highest BCUT2D eigenvalue weighted by Gasteiger charge is 2.21. The van der Waals surface area contributed by atoms with E-state index in [4.69, 9.17) is 22.1 Å². The summed E-state index contributed by atoms with van der Waals surface area (Å²) >= 11 is 6.38. The van der Waals surface area contributed by atoms with Crippen molar-refractivity contribution in [3.8, 4) is 17.0 Å². The quantitative estimate of drug-likeness (QED) is 0.934. The Bertz CT molecular complexity index is 642. The zero-order chi connectivity index (χ0) is 15.0. The third-order valence-corrected chi connectivity index (χ3v) is 4.35. The number of nitrogen functional groups attached to an aromatic ring is 1. The molecule has 1 aliphatic rings. The van der Waals surface area contributed by atoms with Crippen LogP contribution in [0.3, 0.4) is 0 Å². The van der Waals surface area contributed by atoms with Gasteiger partial charge in [-0.15, -0.1) is 0 Å². The highest BCUT2D eigenvalue weighted by atomic mass is 35.5. The largest absolute Gasteiger partial charge is 0.491 e.